The molecule has 19 heavy (non-hydrogen) atoms. The SMILES string of the molecule is Cc1ccccc1CNC(=O)N[C@@H](C)c1cccs1. The van der Waals surface area contributed by atoms with Crippen LogP contribution in [-0.2, 0) is 6.54 Å². The number of rotatable bonds is 4. The van der Waals surface area contributed by atoms with Crippen LogP contribution in [0.5, 0.6) is 0 Å². The standard InChI is InChI=1S/C15H18N2OS/c1-11-6-3-4-7-13(11)10-16-15(18)17-12(2)14-8-5-9-19-14/h3-9,12H,10H2,1-2H3,(H2,16,17,18)/t12-/m0/s1. The van der Waals surface area contributed by atoms with Crippen LogP contribution in [0.25, 0.3) is 0 Å². The van der Waals surface area contributed by atoms with Crippen LogP contribution in [0.1, 0.15) is 29.0 Å². The number of thiophene rings is 1. The molecule has 0 saturated carbocycles. The van der Waals surface area contributed by atoms with Gasteiger partial charge in [-0.25, -0.2) is 4.79 Å². The maximum Gasteiger partial charge on any atom is 0.315 e. The van der Waals surface area contributed by atoms with Crippen molar-refractivity contribution in [2.24, 2.45) is 0 Å². The fourth-order valence-electron chi connectivity index (χ4n) is 1.84. The molecule has 100 valence electrons. The molecule has 0 saturated heterocycles. The van der Waals surface area contributed by atoms with Gasteiger partial charge in [-0.2, -0.15) is 0 Å². The first kappa shape index (κ1) is 13.6. The molecule has 2 rings (SSSR count). The van der Waals surface area contributed by atoms with Gasteiger partial charge in [-0.05, 0) is 36.4 Å². The topological polar surface area (TPSA) is 41.1 Å². The highest BCUT2D eigenvalue weighted by Crippen LogP contribution is 2.17. The van der Waals surface area contributed by atoms with Gasteiger partial charge < -0.3 is 10.6 Å². The molecule has 1 aromatic heterocycles. The lowest BCUT2D eigenvalue weighted by atomic mass is 10.1. The van der Waals surface area contributed by atoms with Crippen molar-refractivity contribution < 1.29 is 4.79 Å². The quantitative estimate of drug-likeness (QED) is 0.878. The Morgan fingerprint density at radius 3 is 2.74 bits per heavy atom. The summed E-state index contributed by atoms with van der Waals surface area (Å²) in [4.78, 5) is 13.0. The van der Waals surface area contributed by atoms with Gasteiger partial charge in [0.05, 0.1) is 6.04 Å². The number of amides is 2. The number of carbonyl (C=O) groups is 1. The molecule has 0 bridgehead atoms. The zero-order valence-corrected chi connectivity index (χ0v) is 12.0. The molecule has 0 spiro atoms. The Hall–Kier alpha value is -1.81. The van der Waals surface area contributed by atoms with Gasteiger partial charge in [0.15, 0.2) is 0 Å². The van der Waals surface area contributed by atoms with Gasteiger partial charge in [-0.1, -0.05) is 30.3 Å². The predicted molar refractivity (Wildman–Crippen MR) is 79.3 cm³/mol. The lowest BCUT2D eigenvalue weighted by molar-refractivity contribution is 0.237. The molecule has 0 radical (unpaired) electrons. The van der Waals surface area contributed by atoms with Gasteiger partial charge >= 0.3 is 6.03 Å². The number of carbonyl (C=O) groups excluding carboxylic acids is 1. The molecule has 0 unspecified atom stereocenters. The molecular formula is C15H18N2OS. The molecule has 1 aromatic carbocycles. The van der Waals surface area contributed by atoms with E-state index in [1.165, 1.54) is 5.56 Å². The van der Waals surface area contributed by atoms with Crippen LogP contribution >= 0.6 is 11.3 Å². The minimum atomic E-state index is -0.135. The van der Waals surface area contributed by atoms with Gasteiger partial charge in [0, 0.05) is 11.4 Å². The zero-order valence-electron chi connectivity index (χ0n) is 11.1. The highest BCUT2D eigenvalue weighted by Gasteiger charge is 2.09. The van der Waals surface area contributed by atoms with Crippen LogP contribution < -0.4 is 10.6 Å². The Morgan fingerprint density at radius 2 is 2.05 bits per heavy atom. The summed E-state index contributed by atoms with van der Waals surface area (Å²) in [5.41, 5.74) is 2.33. The second-order valence-electron chi connectivity index (χ2n) is 4.49. The van der Waals surface area contributed by atoms with Crippen LogP contribution in [0.2, 0.25) is 0 Å². The number of urea groups is 1. The second kappa shape index (κ2) is 6.38. The van der Waals surface area contributed by atoms with Crippen molar-refractivity contribution in [1.29, 1.82) is 0 Å². The Kier molecular flexibility index (Phi) is 4.58. The largest absolute Gasteiger partial charge is 0.334 e. The minimum absolute atomic E-state index is 0.0388. The minimum Gasteiger partial charge on any atom is -0.334 e. The van der Waals surface area contributed by atoms with E-state index in [0.29, 0.717) is 6.54 Å². The van der Waals surface area contributed by atoms with Crippen molar-refractivity contribution in [3.8, 4) is 0 Å². The number of aryl methyl sites for hydroxylation is 1. The summed E-state index contributed by atoms with van der Waals surface area (Å²) in [7, 11) is 0. The second-order valence-corrected chi connectivity index (χ2v) is 5.47. The molecular weight excluding hydrogens is 256 g/mol. The van der Waals surface area contributed by atoms with Crippen LogP contribution in [0.15, 0.2) is 41.8 Å². The third kappa shape index (κ3) is 3.83. The summed E-state index contributed by atoms with van der Waals surface area (Å²) in [5, 5.41) is 7.83. The molecule has 0 aliphatic heterocycles. The van der Waals surface area contributed by atoms with Crippen LogP contribution in [0, 0.1) is 6.92 Å². The number of benzene rings is 1. The normalized spacial score (nSPS) is 11.9. The van der Waals surface area contributed by atoms with Crippen molar-refractivity contribution in [2.75, 3.05) is 0 Å². The smallest absolute Gasteiger partial charge is 0.315 e. The van der Waals surface area contributed by atoms with E-state index in [1.807, 2.05) is 55.6 Å². The molecule has 0 aliphatic rings. The Labute approximate surface area is 117 Å². The first-order valence-corrected chi connectivity index (χ1v) is 7.17. The van der Waals surface area contributed by atoms with E-state index in [4.69, 9.17) is 0 Å². The number of hydrogen-bond donors (Lipinski definition) is 2. The van der Waals surface area contributed by atoms with E-state index < -0.39 is 0 Å². The third-order valence-corrected chi connectivity index (χ3v) is 4.07. The van der Waals surface area contributed by atoms with Crippen LogP contribution in [-0.4, -0.2) is 6.03 Å². The summed E-state index contributed by atoms with van der Waals surface area (Å²) >= 11 is 1.65. The molecule has 1 atom stereocenters. The average Bonchev–Trinajstić information content (AvgIpc) is 2.91. The van der Waals surface area contributed by atoms with Crippen molar-refractivity contribution in [3.63, 3.8) is 0 Å². The molecule has 2 amide bonds. The van der Waals surface area contributed by atoms with Crippen LogP contribution in [0.3, 0.4) is 0 Å². The monoisotopic (exact) mass is 274 g/mol. The van der Waals surface area contributed by atoms with Crippen molar-refractivity contribution >= 4 is 17.4 Å². The lowest BCUT2D eigenvalue weighted by Crippen LogP contribution is -2.36. The van der Waals surface area contributed by atoms with Gasteiger partial charge in [0.25, 0.3) is 0 Å². The molecule has 1 heterocycles. The van der Waals surface area contributed by atoms with Crippen molar-refractivity contribution in [1.82, 2.24) is 10.6 Å². The number of hydrogen-bond acceptors (Lipinski definition) is 2. The van der Waals surface area contributed by atoms with Crippen molar-refractivity contribution in [2.45, 2.75) is 26.4 Å². The molecule has 2 N–H and O–H groups in total. The highest BCUT2D eigenvalue weighted by molar-refractivity contribution is 7.10. The third-order valence-electron chi connectivity index (χ3n) is 3.02. The zero-order chi connectivity index (χ0) is 13.7. The average molecular weight is 274 g/mol. The first-order chi connectivity index (χ1) is 9.16. The van der Waals surface area contributed by atoms with Gasteiger partial charge in [-0.15, -0.1) is 11.3 Å². The predicted octanol–water partition coefficient (Wildman–Crippen LogP) is 3.62. The highest BCUT2D eigenvalue weighted by atomic mass is 32.1. The molecule has 0 fully saturated rings. The van der Waals surface area contributed by atoms with Crippen LogP contribution in [0.4, 0.5) is 4.79 Å². The fourth-order valence-corrected chi connectivity index (χ4v) is 2.57. The Balaban J connectivity index is 1.84. The fraction of sp³-hybridized carbons (Fsp3) is 0.267. The maximum absolute atomic E-state index is 11.8. The van der Waals surface area contributed by atoms with Gasteiger partial charge in [-0.3, -0.25) is 0 Å². The lowest BCUT2D eigenvalue weighted by Gasteiger charge is -2.13. The first-order valence-electron chi connectivity index (χ1n) is 6.29. The maximum atomic E-state index is 11.8. The molecule has 4 heteroatoms. The Morgan fingerprint density at radius 1 is 1.26 bits per heavy atom. The summed E-state index contributed by atoms with van der Waals surface area (Å²) < 4.78 is 0. The molecule has 3 nitrogen and oxygen atoms in total. The van der Waals surface area contributed by atoms with Gasteiger partial charge in [0.2, 0.25) is 0 Å². The molecule has 0 aliphatic carbocycles. The van der Waals surface area contributed by atoms with E-state index in [2.05, 4.69) is 10.6 Å². The van der Waals surface area contributed by atoms with E-state index in [9.17, 15) is 4.79 Å². The van der Waals surface area contributed by atoms with E-state index in [-0.39, 0.29) is 12.1 Å². The van der Waals surface area contributed by atoms with E-state index in [0.717, 1.165) is 10.4 Å². The summed E-state index contributed by atoms with van der Waals surface area (Å²) in [6.07, 6.45) is 0. The molecule has 2 aromatic rings. The van der Waals surface area contributed by atoms with Gasteiger partial charge in [0.1, 0.15) is 0 Å². The van der Waals surface area contributed by atoms with Crippen molar-refractivity contribution in [3.05, 3.63) is 57.8 Å². The van der Waals surface area contributed by atoms with E-state index >= 15 is 0 Å². The number of nitrogens with one attached hydrogen (secondary N) is 2. The summed E-state index contributed by atoms with van der Waals surface area (Å²) in [6.45, 7) is 4.58. The van der Waals surface area contributed by atoms with E-state index in [1.54, 1.807) is 11.3 Å². The summed E-state index contributed by atoms with van der Waals surface area (Å²) in [6, 6.07) is 12.0. The Bertz CT molecular complexity index is 537. The summed E-state index contributed by atoms with van der Waals surface area (Å²) in [5.74, 6) is 0.